The molecular weight excluding hydrogens is 463 g/mol. The number of hydrogen-bond acceptors (Lipinski definition) is 3. The van der Waals surface area contributed by atoms with Crippen molar-refractivity contribution in [1.82, 2.24) is 25.4 Å². The standard InChI is InChI=1S/C21H26N6.HI/c1-3-22-21(24-15-20-26-25-16-27(20)2)23-14-19(17-10-6-4-7-11-17)18-12-8-5-9-13-18;/h4-13,16,19H,3,14-15H2,1-2H3,(H2,22,23,24);1H. The van der Waals surface area contributed by atoms with Crippen LogP contribution in [0.2, 0.25) is 0 Å². The van der Waals surface area contributed by atoms with Crippen LogP contribution in [0, 0.1) is 0 Å². The molecule has 0 aliphatic carbocycles. The molecule has 0 amide bonds. The van der Waals surface area contributed by atoms with E-state index < -0.39 is 0 Å². The van der Waals surface area contributed by atoms with E-state index in [1.807, 2.05) is 23.7 Å². The van der Waals surface area contributed by atoms with Crippen LogP contribution in [0.25, 0.3) is 0 Å². The Morgan fingerprint density at radius 3 is 2.11 bits per heavy atom. The topological polar surface area (TPSA) is 67.1 Å². The van der Waals surface area contributed by atoms with Crippen LogP contribution >= 0.6 is 24.0 Å². The maximum absolute atomic E-state index is 4.65. The van der Waals surface area contributed by atoms with Crippen molar-refractivity contribution in [2.24, 2.45) is 12.0 Å². The van der Waals surface area contributed by atoms with E-state index in [-0.39, 0.29) is 29.9 Å². The first-order valence-corrected chi connectivity index (χ1v) is 9.23. The van der Waals surface area contributed by atoms with Crippen molar-refractivity contribution in [3.8, 4) is 0 Å². The lowest BCUT2D eigenvalue weighted by atomic mass is 9.91. The lowest BCUT2D eigenvalue weighted by Gasteiger charge is -2.20. The van der Waals surface area contributed by atoms with Gasteiger partial charge in [0, 0.05) is 26.1 Å². The maximum atomic E-state index is 4.65. The number of guanidine groups is 1. The van der Waals surface area contributed by atoms with Gasteiger partial charge in [-0.15, -0.1) is 34.2 Å². The summed E-state index contributed by atoms with van der Waals surface area (Å²) in [4.78, 5) is 4.65. The monoisotopic (exact) mass is 490 g/mol. The predicted octanol–water partition coefficient (Wildman–Crippen LogP) is 3.32. The van der Waals surface area contributed by atoms with Gasteiger partial charge >= 0.3 is 0 Å². The summed E-state index contributed by atoms with van der Waals surface area (Å²) in [5, 5.41) is 14.8. The van der Waals surface area contributed by atoms with E-state index in [9.17, 15) is 0 Å². The fourth-order valence-electron chi connectivity index (χ4n) is 2.94. The average molecular weight is 490 g/mol. The summed E-state index contributed by atoms with van der Waals surface area (Å²) in [6, 6.07) is 21.1. The summed E-state index contributed by atoms with van der Waals surface area (Å²) in [7, 11) is 1.92. The van der Waals surface area contributed by atoms with Crippen LogP contribution in [0.1, 0.15) is 29.8 Å². The molecular formula is C21H27IN6. The first kappa shape index (κ1) is 21.9. The number of aliphatic imine (C=N–C) groups is 1. The molecule has 3 aromatic rings. The lowest BCUT2D eigenvalue weighted by Crippen LogP contribution is -2.39. The van der Waals surface area contributed by atoms with Gasteiger partial charge in [-0.2, -0.15) is 0 Å². The molecule has 148 valence electrons. The third-order valence-corrected chi connectivity index (χ3v) is 4.41. The highest BCUT2D eigenvalue weighted by Gasteiger charge is 2.14. The molecule has 0 fully saturated rings. The van der Waals surface area contributed by atoms with Crippen molar-refractivity contribution in [3.05, 3.63) is 83.9 Å². The molecule has 1 heterocycles. The minimum absolute atomic E-state index is 0. The Morgan fingerprint density at radius 2 is 1.61 bits per heavy atom. The van der Waals surface area contributed by atoms with Crippen molar-refractivity contribution < 1.29 is 0 Å². The Bertz CT molecular complexity index is 808. The molecule has 0 atom stereocenters. The summed E-state index contributed by atoms with van der Waals surface area (Å²) in [6.07, 6.45) is 1.69. The van der Waals surface area contributed by atoms with Crippen LogP contribution in [-0.2, 0) is 13.6 Å². The molecule has 3 rings (SSSR count). The minimum Gasteiger partial charge on any atom is -0.357 e. The van der Waals surface area contributed by atoms with Crippen LogP contribution in [-0.4, -0.2) is 33.8 Å². The predicted molar refractivity (Wildman–Crippen MR) is 124 cm³/mol. The van der Waals surface area contributed by atoms with Gasteiger partial charge in [0.25, 0.3) is 0 Å². The van der Waals surface area contributed by atoms with E-state index in [0.29, 0.717) is 6.54 Å². The smallest absolute Gasteiger partial charge is 0.191 e. The fraction of sp³-hybridized carbons (Fsp3) is 0.286. The van der Waals surface area contributed by atoms with E-state index in [4.69, 9.17) is 0 Å². The molecule has 0 unspecified atom stereocenters. The van der Waals surface area contributed by atoms with E-state index in [2.05, 4.69) is 81.3 Å². The Labute approximate surface area is 183 Å². The molecule has 1 aromatic heterocycles. The summed E-state index contributed by atoms with van der Waals surface area (Å²) in [5.74, 6) is 1.85. The quantitative estimate of drug-likeness (QED) is 0.303. The number of aryl methyl sites for hydroxylation is 1. The molecule has 28 heavy (non-hydrogen) atoms. The molecule has 6 nitrogen and oxygen atoms in total. The molecule has 0 aliphatic rings. The molecule has 2 aromatic carbocycles. The zero-order chi connectivity index (χ0) is 18.9. The number of nitrogens with zero attached hydrogens (tertiary/aromatic N) is 4. The molecule has 7 heteroatoms. The second-order valence-corrected chi connectivity index (χ2v) is 6.31. The second-order valence-electron chi connectivity index (χ2n) is 6.31. The number of halogens is 1. The van der Waals surface area contributed by atoms with Gasteiger partial charge in [-0.1, -0.05) is 60.7 Å². The van der Waals surface area contributed by atoms with Gasteiger partial charge in [-0.3, -0.25) is 0 Å². The summed E-state index contributed by atoms with van der Waals surface area (Å²) >= 11 is 0. The zero-order valence-electron chi connectivity index (χ0n) is 16.2. The number of aromatic nitrogens is 3. The Balaban J connectivity index is 0.00000280. The summed E-state index contributed by atoms with van der Waals surface area (Å²) in [6.45, 7) is 4.09. The van der Waals surface area contributed by atoms with E-state index in [0.717, 1.165) is 24.9 Å². The number of rotatable bonds is 7. The third-order valence-electron chi connectivity index (χ3n) is 4.41. The zero-order valence-corrected chi connectivity index (χ0v) is 18.6. The van der Waals surface area contributed by atoms with Crippen LogP contribution in [0.5, 0.6) is 0 Å². The van der Waals surface area contributed by atoms with Crippen molar-refractivity contribution in [1.29, 1.82) is 0 Å². The third kappa shape index (κ3) is 6.05. The minimum atomic E-state index is 0. The van der Waals surface area contributed by atoms with Gasteiger partial charge < -0.3 is 15.2 Å². The van der Waals surface area contributed by atoms with Crippen molar-refractivity contribution in [2.75, 3.05) is 13.1 Å². The van der Waals surface area contributed by atoms with Crippen LogP contribution in [0.3, 0.4) is 0 Å². The largest absolute Gasteiger partial charge is 0.357 e. The van der Waals surface area contributed by atoms with Crippen LogP contribution in [0.15, 0.2) is 72.0 Å². The molecule has 0 radical (unpaired) electrons. The normalized spacial score (nSPS) is 11.2. The van der Waals surface area contributed by atoms with Gasteiger partial charge in [0.1, 0.15) is 12.9 Å². The summed E-state index contributed by atoms with van der Waals surface area (Å²) in [5.41, 5.74) is 2.56. The maximum Gasteiger partial charge on any atom is 0.191 e. The van der Waals surface area contributed by atoms with Crippen LogP contribution in [0.4, 0.5) is 0 Å². The molecule has 0 saturated carbocycles. The SMILES string of the molecule is CCNC(=NCc1nncn1C)NCC(c1ccccc1)c1ccccc1.I. The number of nitrogens with one attached hydrogen (secondary N) is 2. The molecule has 0 saturated heterocycles. The molecule has 0 bridgehead atoms. The molecule has 2 N–H and O–H groups in total. The lowest BCUT2D eigenvalue weighted by molar-refractivity contribution is 0.721. The van der Waals surface area contributed by atoms with E-state index in [1.165, 1.54) is 11.1 Å². The Morgan fingerprint density at radius 1 is 1.00 bits per heavy atom. The van der Waals surface area contributed by atoms with E-state index in [1.54, 1.807) is 6.33 Å². The Kier molecular flexibility index (Phi) is 8.93. The average Bonchev–Trinajstić information content (AvgIpc) is 3.12. The van der Waals surface area contributed by atoms with Crippen molar-refractivity contribution >= 4 is 29.9 Å². The second kappa shape index (κ2) is 11.4. The number of benzene rings is 2. The van der Waals surface area contributed by atoms with Gasteiger partial charge in [-0.05, 0) is 18.1 Å². The van der Waals surface area contributed by atoms with Crippen molar-refractivity contribution in [2.45, 2.75) is 19.4 Å². The number of hydrogen-bond donors (Lipinski definition) is 2. The van der Waals surface area contributed by atoms with Gasteiger partial charge in [0.05, 0.1) is 0 Å². The fourth-order valence-corrected chi connectivity index (χ4v) is 2.94. The molecule has 0 spiro atoms. The van der Waals surface area contributed by atoms with Crippen LogP contribution < -0.4 is 10.6 Å². The van der Waals surface area contributed by atoms with Gasteiger partial charge in [0.15, 0.2) is 11.8 Å². The Hall–Kier alpha value is -2.42. The highest BCUT2D eigenvalue weighted by atomic mass is 127. The van der Waals surface area contributed by atoms with Gasteiger partial charge in [0.2, 0.25) is 0 Å². The highest BCUT2D eigenvalue weighted by Crippen LogP contribution is 2.23. The highest BCUT2D eigenvalue weighted by molar-refractivity contribution is 14.0. The van der Waals surface area contributed by atoms with Gasteiger partial charge in [-0.25, -0.2) is 4.99 Å². The summed E-state index contributed by atoms with van der Waals surface area (Å²) < 4.78 is 1.88. The van der Waals surface area contributed by atoms with Crippen molar-refractivity contribution in [3.63, 3.8) is 0 Å². The van der Waals surface area contributed by atoms with E-state index >= 15 is 0 Å². The molecule has 0 aliphatic heterocycles. The first-order chi connectivity index (χ1) is 13.3. The first-order valence-electron chi connectivity index (χ1n) is 9.23.